The van der Waals surface area contributed by atoms with Crippen LogP contribution >= 0.6 is 23.2 Å². The average Bonchev–Trinajstić information content (AvgIpc) is 2.69. The van der Waals surface area contributed by atoms with E-state index in [0.29, 0.717) is 10.8 Å². The number of pyridine rings is 1. The summed E-state index contributed by atoms with van der Waals surface area (Å²) in [5, 5.41) is 0.415. The van der Waals surface area contributed by atoms with Crippen LogP contribution < -0.4 is 14.2 Å². The molecule has 33 heavy (non-hydrogen) atoms. The van der Waals surface area contributed by atoms with Gasteiger partial charge in [0.1, 0.15) is 16.5 Å². The first kappa shape index (κ1) is 24.7. The van der Waals surface area contributed by atoms with Gasteiger partial charge in [0.2, 0.25) is 15.9 Å². The Morgan fingerprint density at radius 2 is 1.79 bits per heavy atom. The van der Waals surface area contributed by atoms with E-state index >= 15 is 0 Å². The summed E-state index contributed by atoms with van der Waals surface area (Å²) in [4.78, 5) is 16.2. The predicted octanol–water partition coefficient (Wildman–Crippen LogP) is 5.45. The molecule has 1 N–H and O–H groups in total. The summed E-state index contributed by atoms with van der Waals surface area (Å²) in [5.41, 5.74) is 1.16. The second-order valence-corrected chi connectivity index (χ2v) is 9.40. The molecule has 0 atom stereocenters. The van der Waals surface area contributed by atoms with Gasteiger partial charge in [0.25, 0.3) is 5.91 Å². The Morgan fingerprint density at radius 1 is 1.06 bits per heavy atom. The lowest BCUT2D eigenvalue weighted by Crippen LogP contribution is -2.29. The number of halogens is 4. The number of alkyl halides is 2. The molecule has 1 aromatic heterocycles. The number of ether oxygens (including phenoxy) is 2. The molecule has 0 aliphatic carbocycles. The van der Waals surface area contributed by atoms with Gasteiger partial charge in [-0.25, -0.2) is 18.1 Å². The number of amides is 1. The van der Waals surface area contributed by atoms with Crippen LogP contribution in [0.1, 0.15) is 15.9 Å². The number of aromatic nitrogens is 1. The fraction of sp³-hybridized carbons (Fsp3) is 0.143. The van der Waals surface area contributed by atoms with Crippen molar-refractivity contribution in [2.45, 2.75) is 13.5 Å². The van der Waals surface area contributed by atoms with Crippen LogP contribution in [0.5, 0.6) is 17.4 Å². The number of nitrogens with one attached hydrogen (secondary N) is 1. The van der Waals surface area contributed by atoms with Crippen molar-refractivity contribution in [1.82, 2.24) is 9.71 Å². The van der Waals surface area contributed by atoms with Crippen LogP contribution in [-0.4, -0.2) is 32.2 Å². The molecule has 0 aliphatic rings. The Bertz CT molecular complexity index is 1320. The minimum Gasteiger partial charge on any atom is -0.436 e. The standard InChI is InChI=1S/C21H16Cl2F2N2O5S/c1-11-3-6-17(15(22)7-11)31-20-16(23)8-13(10-26-20)14-5-4-12(9-18(14)32-21(24)25)19(28)27-33(2,29)30/h3-10,21H,1-2H3,(H,27,28). The van der Waals surface area contributed by atoms with Crippen molar-refractivity contribution in [2.24, 2.45) is 0 Å². The van der Waals surface area contributed by atoms with E-state index in [0.717, 1.165) is 17.9 Å². The molecule has 0 spiro atoms. The first-order chi connectivity index (χ1) is 15.4. The number of nitrogens with zero attached hydrogens (tertiary/aromatic N) is 1. The van der Waals surface area contributed by atoms with Crippen LogP contribution in [0, 0.1) is 6.92 Å². The highest BCUT2D eigenvalue weighted by molar-refractivity contribution is 7.89. The number of carbonyl (C=O) groups is 1. The molecule has 2 aromatic carbocycles. The maximum Gasteiger partial charge on any atom is 0.387 e. The van der Waals surface area contributed by atoms with E-state index in [1.807, 2.05) is 6.92 Å². The van der Waals surface area contributed by atoms with E-state index < -0.39 is 22.5 Å². The molecule has 0 radical (unpaired) electrons. The SMILES string of the molecule is Cc1ccc(Oc2ncc(-c3ccc(C(=O)NS(C)(=O)=O)cc3OC(F)F)cc2Cl)c(Cl)c1. The van der Waals surface area contributed by atoms with Crippen molar-refractivity contribution in [3.05, 3.63) is 69.8 Å². The quantitative estimate of drug-likeness (QED) is 0.448. The van der Waals surface area contributed by atoms with E-state index in [2.05, 4.69) is 9.72 Å². The number of carbonyl (C=O) groups excluding carboxylic acids is 1. The summed E-state index contributed by atoms with van der Waals surface area (Å²) >= 11 is 12.4. The maximum atomic E-state index is 13.0. The number of rotatable bonds is 7. The summed E-state index contributed by atoms with van der Waals surface area (Å²) in [6.45, 7) is -1.34. The van der Waals surface area contributed by atoms with Crippen molar-refractivity contribution in [2.75, 3.05) is 6.26 Å². The Balaban J connectivity index is 1.95. The van der Waals surface area contributed by atoms with E-state index in [1.165, 1.54) is 24.4 Å². The molecule has 0 bridgehead atoms. The zero-order valence-electron chi connectivity index (χ0n) is 17.1. The molecule has 174 valence electrons. The van der Waals surface area contributed by atoms with Gasteiger partial charge in [0.15, 0.2) is 0 Å². The van der Waals surface area contributed by atoms with Crippen molar-refractivity contribution in [1.29, 1.82) is 0 Å². The Labute approximate surface area is 198 Å². The monoisotopic (exact) mass is 516 g/mol. The molecule has 0 aliphatic heterocycles. The molecule has 3 rings (SSSR count). The number of aryl methyl sites for hydroxylation is 1. The molecule has 12 heteroatoms. The van der Waals surface area contributed by atoms with Crippen LogP contribution in [0.3, 0.4) is 0 Å². The van der Waals surface area contributed by atoms with Crippen LogP contribution in [-0.2, 0) is 10.0 Å². The van der Waals surface area contributed by atoms with Crippen LogP contribution in [0.2, 0.25) is 10.0 Å². The molecule has 0 fully saturated rings. The smallest absolute Gasteiger partial charge is 0.387 e. The first-order valence-corrected chi connectivity index (χ1v) is 11.8. The number of hydrogen-bond donors (Lipinski definition) is 1. The van der Waals surface area contributed by atoms with Crippen LogP contribution in [0.15, 0.2) is 48.7 Å². The minimum atomic E-state index is -3.85. The second kappa shape index (κ2) is 9.90. The normalized spacial score (nSPS) is 11.4. The van der Waals surface area contributed by atoms with Crippen molar-refractivity contribution in [3.8, 4) is 28.5 Å². The van der Waals surface area contributed by atoms with Gasteiger partial charge in [-0.15, -0.1) is 0 Å². The first-order valence-electron chi connectivity index (χ1n) is 9.14. The Hall–Kier alpha value is -2.95. The fourth-order valence-corrected chi connectivity index (χ4v) is 3.70. The summed E-state index contributed by atoms with van der Waals surface area (Å²) in [6, 6.07) is 10.1. The lowest BCUT2D eigenvalue weighted by molar-refractivity contribution is -0.0495. The zero-order valence-corrected chi connectivity index (χ0v) is 19.4. The summed E-state index contributed by atoms with van der Waals surface area (Å²) in [6.07, 6.45) is 2.10. The minimum absolute atomic E-state index is 0.0339. The van der Waals surface area contributed by atoms with E-state index in [9.17, 15) is 22.0 Å². The lowest BCUT2D eigenvalue weighted by atomic mass is 10.0. The molecule has 0 unspecified atom stereocenters. The van der Waals surface area contributed by atoms with E-state index in [4.69, 9.17) is 27.9 Å². The highest BCUT2D eigenvalue weighted by Gasteiger charge is 2.19. The van der Waals surface area contributed by atoms with Gasteiger partial charge in [-0.2, -0.15) is 8.78 Å². The van der Waals surface area contributed by atoms with E-state index in [-0.39, 0.29) is 33.3 Å². The van der Waals surface area contributed by atoms with Gasteiger partial charge < -0.3 is 9.47 Å². The zero-order chi connectivity index (χ0) is 24.3. The molecular weight excluding hydrogens is 501 g/mol. The topological polar surface area (TPSA) is 94.6 Å². The van der Waals surface area contributed by atoms with Crippen LogP contribution in [0.4, 0.5) is 8.78 Å². The van der Waals surface area contributed by atoms with Gasteiger partial charge in [-0.1, -0.05) is 29.3 Å². The van der Waals surface area contributed by atoms with Gasteiger partial charge in [-0.3, -0.25) is 4.79 Å². The third kappa shape index (κ3) is 6.53. The molecule has 7 nitrogen and oxygen atoms in total. The highest BCUT2D eigenvalue weighted by Crippen LogP contribution is 2.37. The average molecular weight is 517 g/mol. The van der Waals surface area contributed by atoms with Gasteiger partial charge in [-0.05, 0) is 48.9 Å². The number of hydrogen-bond acceptors (Lipinski definition) is 6. The van der Waals surface area contributed by atoms with Gasteiger partial charge >= 0.3 is 6.61 Å². The summed E-state index contributed by atoms with van der Waals surface area (Å²) in [7, 11) is -3.85. The summed E-state index contributed by atoms with van der Waals surface area (Å²) in [5.74, 6) is -1.02. The molecule has 3 aromatic rings. The van der Waals surface area contributed by atoms with Crippen LogP contribution in [0.25, 0.3) is 11.1 Å². The van der Waals surface area contributed by atoms with Gasteiger partial charge in [0, 0.05) is 22.9 Å². The molecule has 0 saturated heterocycles. The molecule has 0 saturated carbocycles. The largest absolute Gasteiger partial charge is 0.436 e. The number of benzene rings is 2. The molecule has 1 heterocycles. The molecule has 1 amide bonds. The predicted molar refractivity (Wildman–Crippen MR) is 120 cm³/mol. The third-order valence-electron chi connectivity index (χ3n) is 4.15. The highest BCUT2D eigenvalue weighted by atomic mass is 35.5. The Morgan fingerprint density at radius 3 is 2.39 bits per heavy atom. The van der Waals surface area contributed by atoms with Crippen molar-refractivity contribution < 1.29 is 31.5 Å². The summed E-state index contributed by atoms with van der Waals surface area (Å²) < 4.78 is 60.4. The Kier molecular flexibility index (Phi) is 7.41. The van der Waals surface area contributed by atoms with Crippen molar-refractivity contribution in [3.63, 3.8) is 0 Å². The third-order valence-corrected chi connectivity index (χ3v) is 5.27. The van der Waals surface area contributed by atoms with E-state index in [1.54, 1.807) is 22.9 Å². The maximum absolute atomic E-state index is 13.0. The lowest BCUT2D eigenvalue weighted by Gasteiger charge is -2.14. The van der Waals surface area contributed by atoms with Crippen molar-refractivity contribution >= 4 is 39.1 Å². The second-order valence-electron chi connectivity index (χ2n) is 6.84. The molecular formula is C21H16Cl2F2N2O5S. The van der Waals surface area contributed by atoms with Gasteiger partial charge in [0.05, 0.1) is 11.3 Å². The fourth-order valence-electron chi connectivity index (χ4n) is 2.76. The number of sulfonamides is 1.